The molecule has 5 aliphatic carbocycles. The number of hydrogen-bond acceptors (Lipinski definition) is 3. The maximum absolute atomic E-state index is 13.2. The monoisotopic (exact) mass is 642 g/mol. The summed E-state index contributed by atoms with van der Waals surface area (Å²) >= 11 is 0. The molecular formula is C42H58O5. The van der Waals surface area contributed by atoms with Crippen LogP contribution in [0.4, 0.5) is 0 Å². The lowest BCUT2D eigenvalue weighted by atomic mass is 9.32. The molecule has 0 bridgehead atoms. The first-order chi connectivity index (χ1) is 22.0. The van der Waals surface area contributed by atoms with Crippen LogP contribution in [0.1, 0.15) is 141 Å². The number of aliphatic carboxylic acids is 1. The molecule has 4 fully saturated rings. The Morgan fingerprint density at radius 2 is 1.49 bits per heavy atom. The summed E-state index contributed by atoms with van der Waals surface area (Å²) in [6, 6.07) is 7.45. The molecule has 0 spiro atoms. The first-order valence-electron chi connectivity index (χ1n) is 18.5. The molecule has 1 aromatic rings. The lowest BCUT2D eigenvalue weighted by molar-refractivity contribution is -0.228. The van der Waals surface area contributed by atoms with Gasteiger partial charge in [-0.3, -0.25) is 4.79 Å². The van der Waals surface area contributed by atoms with E-state index in [0.717, 1.165) is 76.2 Å². The molecule has 0 unspecified atom stereocenters. The average Bonchev–Trinajstić information content (AvgIpc) is 3.41. The van der Waals surface area contributed by atoms with E-state index < -0.39 is 17.4 Å². The zero-order valence-corrected chi connectivity index (χ0v) is 29.8. The lowest BCUT2D eigenvalue weighted by Gasteiger charge is -2.72. The molecule has 5 nitrogen and oxygen atoms in total. The SMILES string of the molecule is C=C(CCCCC(C)=O)[C@@H]1CC[C@]2(C(=O)O)CC[C@]3(C)[C@H](CC[C@@H]4[C@@]5(C)CC=C(c6ccc(C(=O)O)cc6)C(C)(C)[C@@H]5CC[C@]43C)[C@@H]12. The molecule has 0 aliphatic heterocycles. The van der Waals surface area contributed by atoms with Gasteiger partial charge in [0.05, 0.1) is 11.0 Å². The molecule has 1 aromatic carbocycles. The topological polar surface area (TPSA) is 91.7 Å². The molecule has 0 amide bonds. The Kier molecular flexibility index (Phi) is 8.53. The van der Waals surface area contributed by atoms with Crippen molar-refractivity contribution in [2.75, 3.05) is 0 Å². The van der Waals surface area contributed by atoms with Gasteiger partial charge in [0.1, 0.15) is 5.78 Å². The van der Waals surface area contributed by atoms with E-state index in [1.807, 2.05) is 12.1 Å². The summed E-state index contributed by atoms with van der Waals surface area (Å²) in [6.45, 7) is 18.8. The number of benzene rings is 1. The van der Waals surface area contributed by atoms with Crippen molar-refractivity contribution in [3.63, 3.8) is 0 Å². The summed E-state index contributed by atoms with van der Waals surface area (Å²) in [7, 11) is 0. The van der Waals surface area contributed by atoms with Crippen LogP contribution in [0.15, 0.2) is 42.5 Å². The fourth-order valence-corrected chi connectivity index (χ4v) is 13.2. The van der Waals surface area contributed by atoms with E-state index >= 15 is 0 Å². The van der Waals surface area contributed by atoms with Crippen molar-refractivity contribution in [2.45, 2.75) is 125 Å². The number of rotatable bonds is 9. The Morgan fingerprint density at radius 1 is 0.809 bits per heavy atom. The Bertz CT molecular complexity index is 1480. The number of carbonyl (C=O) groups is 3. The predicted octanol–water partition coefficient (Wildman–Crippen LogP) is 10.2. The van der Waals surface area contributed by atoms with Gasteiger partial charge in [0.25, 0.3) is 0 Å². The fourth-order valence-electron chi connectivity index (χ4n) is 13.2. The fraction of sp³-hybridized carbons (Fsp3) is 0.690. The van der Waals surface area contributed by atoms with Crippen LogP contribution >= 0.6 is 0 Å². The number of aromatic carboxylic acids is 1. The minimum absolute atomic E-state index is 0.0431. The molecule has 0 radical (unpaired) electrons. The molecule has 0 aromatic heterocycles. The van der Waals surface area contributed by atoms with Crippen molar-refractivity contribution < 1.29 is 24.6 Å². The van der Waals surface area contributed by atoms with Gasteiger partial charge in [-0.1, -0.05) is 65.0 Å². The van der Waals surface area contributed by atoms with Gasteiger partial charge in [-0.2, -0.15) is 0 Å². The average molecular weight is 643 g/mol. The van der Waals surface area contributed by atoms with Gasteiger partial charge in [-0.05, 0) is 158 Å². The maximum Gasteiger partial charge on any atom is 0.335 e. The summed E-state index contributed by atoms with van der Waals surface area (Å²) in [5, 5.41) is 20.3. The number of allylic oxidation sites excluding steroid dienone is 3. The highest BCUT2D eigenvalue weighted by atomic mass is 16.4. The minimum atomic E-state index is -0.891. The van der Waals surface area contributed by atoms with Crippen molar-refractivity contribution >= 4 is 23.3 Å². The summed E-state index contributed by atoms with van der Waals surface area (Å²) in [6.07, 6.45) is 14.9. The van der Waals surface area contributed by atoms with Crippen LogP contribution in [0.3, 0.4) is 0 Å². The molecule has 47 heavy (non-hydrogen) atoms. The van der Waals surface area contributed by atoms with Gasteiger partial charge in [0.15, 0.2) is 0 Å². The van der Waals surface area contributed by atoms with Gasteiger partial charge in [0, 0.05) is 6.42 Å². The largest absolute Gasteiger partial charge is 0.481 e. The molecule has 5 aliphatic rings. The Balaban J connectivity index is 1.31. The second-order valence-electron chi connectivity index (χ2n) is 17.8. The van der Waals surface area contributed by atoms with Crippen molar-refractivity contribution in [1.29, 1.82) is 0 Å². The number of Topliss-reactive ketones (excluding diaryl/α,β-unsaturated/α-hetero) is 1. The normalized spacial score (nSPS) is 40.2. The van der Waals surface area contributed by atoms with Crippen LogP contribution in [0.2, 0.25) is 0 Å². The quantitative estimate of drug-likeness (QED) is 0.207. The molecule has 0 heterocycles. The molecular weight excluding hydrogens is 584 g/mol. The van der Waals surface area contributed by atoms with E-state index in [9.17, 15) is 24.6 Å². The second kappa shape index (κ2) is 11.7. The number of carboxylic acids is 2. The summed E-state index contributed by atoms with van der Waals surface area (Å²) in [5.74, 6) is 0.625. The number of carbonyl (C=O) groups excluding carboxylic acids is 1. The van der Waals surface area contributed by atoms with E-state index in [1.165, 1.54) is 17.6 Å². The number of fused-ring (bicyclic) bond motifs is 7. The minimum Gasteiger partial charge on any atom is -0.481 e. The van der Waals surface area contributed by atoms with E-state index in [1.54, 1.807) is 19.1 Å². The predicted molar refractivity (Wildman–Crippen MR) is 187 cm³/mol. The molecule has 2 N–H and O–H groups in total. The maximum atomic E-state index is 13.2. The smallest absolute Gasteiger partial charge is 0.335 e. The van der Waals surface area contributed by atoms with Gasteiger partial charge in [0.2, 0.25) is 0 Å². The van der Waals surface area contributed by atoms with Gasteiger partial charge in [-0.15, -0.1) is 0 Å². The first-order valence-corrected chi connectivity index (χ1v) is 18.5. The lowest BCUT2D eigenvalue weighted by Crippen LogP contribution is -2.65. The number of ketones is 1. The van der Waals surface area contributed by atoms with Crippen LogP contribution in [-0.2, 0) is 9.59 Å². The molecule has 6 rings (SSSR count). The van der Waals surface area contributed by atoms with Crippen LogP contribution in [0.5, 0.6) is 0 Å². The van der Waals surface area contributed by atoms with E-state index in [4.69, 9.17) is 0 Å². The van der Waals surface area contributed by atoms with Gasteiger partial charge in [-0.25, -0.2) is 4.79 Å². The van der Waals surface area contributed by atoms with E-state index in [2.05, 4.69) is 47.3 Å². The summed E-state index contributed by atoms with van der Waals surface area (Å²) in [4.78, 5) is 36.3. The third-order valence-electron chi connectivity index (χ3n) is 15.7. The number of hydrogen-bond donors (Lipinski definition) is 2. The second-order valence-corrected chi connectivity index (χ2v) is 17.8. The Hall–Kier alpha value is -2.69. The highest BCUT2D eigenvalue weighted by Crippen LogP contribution is 2.77. The third kappa shape index (κ3) is 5.02. The third-order valence-corrected chi connectivity index (χ3v) is 15.7. The summed E-state index contributed by atoms with van der Waals surface area (Å²) < 4.78 is 0. The first kappa shape index (κ1) is 34.2. The summed E-state index contributed by atoms with van der Waals surface area (Å²) in [5.41, 5.74) is 3.71. The van der Waals surface area contributed by atoms with Gasteiger partial charge < -0.3 is 15.0 Å². The number of unbranched alkanes of at least 4 members (excludes halogenated alkanes) is 1. The van der Waals surface area contributed by atoms with Crippen LogP contribution in [-0.4, -0.2) is 27.9 Å². The molecule has 256 valence electrons. The molecule has 0 saturated heterocycles. The Labute approximate surface area is 282 Å². The number of carboxylic acid groups (broad SMARTS) is 2. The van der Waals surface area contributed by atoms with Crippen LogP contribution in [0.25, 0.3) is 5.57 Å². The highest BCUT2D eigenvalue weighted by molar-refractivity contribution is 5.88. The molecule has 4 saturated carbocycles. The van der Waals surface area contributed by atoms with Crippen molar-refractivity contribution in [3.8, 4) is 0 Å². The van der Waals surface area contributed by atoms with Gasteiger partial charge >= 0.3 is 11.9 Å². The standard InChI is InChI=1S/C42H58O5/c1-26(10-8-9-11-27(2)43)30-18-23-42(37(46)47)25-24-40(6)32(35(30)42)16-17-34-39(5)21-19-31(28-12-14-29(15-13-28)36(44)45)38(3,4)33(39)20-22-41(34,40)7/h12-15,19,30,32-35H,1,8-11,16-18,20-25H2,2-7H3,(H,44,45)(H,46,47)/t30-,32+,33-,34+,35+,39-,40+,41+,42-/m0/s1. The molecule has 5 heteroatoms. The van der Waals surface area contributed by atoms with Crippen molar-refractivity contribution in [2.24, 2.45) is 56.7 Å². The van der Waals surface area contributed by atoms with E-state index in [-0.39, 0.29) is 39.3 Å². The highest BCUT2D eigenvalue weighted by Gasteiger charge is 2.71. The zero-order valence-electron chi connectivity index (χ0n) is 29.8. The Morgan fingerprint density at radius 3 is 2.13 bits per heavy atom. The zero-order chi connectivity index (χ0) is 34.2. The van der Waals surface area contributed by atoms with Crippen LogP contribution < -0.4 is 0 Å². The van der Waals surface area contributed by atoms with Crippen molar-refractivity contribution in [1.82, 2.24) is 0 Å². The van der Waals surface area contributed by atoms with Crippen molar-refractivity contribution in [3.05, 3.63) is 53.6 Å². The van der Waals surface area contributed by atoms with E-state index in [0.29, 0.717) is 29.7 Å². The molecule has 9 atom stereocenters. The van der Waals surface area contributed by atoms with Crippen LogP contribution in [0, 0.1) is 56.7 Å².